The predicted octanol–water partition coefficient (Wildman–Crippen LogP) is 3.00. The maximum absolute atomic E-state index is 12.9. The number of hydrogen-bond donors (Lipinski definition) is 1. The molecular weight excluding hydrogens is 257 g/mol. The number of rotatable bonds is 6. The Morgan fingerprint density at radius 1 is 1.45 bits per heavy atom. The molecule has 20 heavy (non-hydrogen) atoms. The van der Waals surface area contributed by atoms with Crippen LogP contribution in [0, 0.1) is 5.82 Å². The fraction of sp³-hybridized carbons (Fsp3) is 0.562. The Kier molecular flexibility index (Phi) is 5.53. The zero-order valence-corrected chi connectivity index (χ0v) is 11.9. The van der Waals surface area contributed by atoms with Gasteiger partial charge in [-0.25, -0.2) is 4.39 Å². The van der Waals surface area contributed by atoms with Gasteiger partial charge in [0.15, 0.2) is 0 Å². The average molecular weight is 279 g/mol. The largest absolute Gasteiger partial charge is 0.376 e. The van der Waals surface area contributed by atoms with Gasteiger partial charge in [0.25, 0.3) is 0 Å². The quantitative estimate of drug-likeness (QED) is 0.869. The van der Waals surface area contributed by atoms with Gasteiger partial charge in [-0.3, -0.25) is 4.79 Å². The van der Waals surface area contributed by atoms with E-state index in [-0.39, 0.29) is 23.7 Å². The fourth-order valence-corrected chi connectivity index (χ4v) is 2.56. The lowest BCUT2D eigenvalue weighted by Crippen LogP contribution is -2.32. The van der Waals surface area contributed by atoms with E-state index in [0.717, 1.165) is 31.4 Å². The van der Waals surface area contributed by atoms with Crippen molar-refractivity contribution >= 4 is 5.91 Å². The van der Waals surface area contributed by atoms with Crippen LogP contribution in [0.5, 0.6) is 0 Å². The average Bonchev–Trinajstić information content (AvgIpc) is 2.97. The molecule has 0 spiro atoms. The Labute approximate surface area is 119 Å². The highest BCUT2D eigenvalue weighted by molar-refractivity contribution is 5.76. The monoisotopic (exact) mass is 279 g/mol. The lowest BCUT2D eigenvalue weighted by atomic mass is 9.93. The molecule has 0 saturated carbocycles. The molecule has 0 bridgehead atoms. The molecule has 1 aromatic carbocycles. The van der Waals surface area contributed by atoms with Gasteiger partial charge in [0, 0.05) is 19.6 Å². The topological polar surface area (TPSA) is 38.3 Å². The third kappa shape index (κ3) is 4.30. The Balaban J connectivity index is 1.82. The Morgan fingerprint density at radius 2 is 2.20 bits per heavy atom. The van der Waals surface area contributed by atoms with Gasteiger partial charge in [-0.2, -0.15) is 0 Å². The van der Waals surface area contributed by atoms with Crippen molar-refractivity contribution in [3.63, 3.8) is 0 Å². The third-order valence-corrected chi connectivity index (χ3v) is 3.82. The number of carbonyl (C=O) groups is 1. The first-order valence-corrected chi connectivity index (χ1v) is 7.32. The zero-order valence-electron chi connectivity index (χ0n) is 11.9. The number of benzene rings is 1. The van der Waals surface area contributed by atoms with Gasteiger partial charge in [0.05, 0.1) is 6.10 Å². The van der Waals surface area contributed by atoms with E-state index in [4.69, 9.17) is 4.74 Å². The van der Waals surface area contributed by atoms with Gasteiger partial charge < -0.3 is 10.1 Å². The van der Waals surface area contributed by atoms with Crippen molar-refractivity contribution in [2.45, 2.75) is 44.6 Å². The summed E-state index contributed by atoms with van der Waals surface area (Å²) in [7, 11) is 0. The molecule has 0 aliphatic carbocycles. The second-order valence-corrected chi connectivity index (χ2v) is 5.30. The van der Waals surface area contributed by atoms with Gasteiger partial charge in [-0.15, -0.1) is 0 Å². The molecule has 4 heteroatoms. The third-order valence-electron chi connectivity index (χ3n) is 3.82. The molecule has 110 valence electrons. The standard InChI is InChI=1S/C16H22FNO2/c1-2-12(13-5-7-14(17)8-6-13)10-16(19)18-11-15-4-3-9-20-15/h5-8,12,15H,2-4,9-11H2,1H3,(H,18,19). The maximum atomic E-state index is 12.9. The molecule has 3 nitrogen and oxygen atoms in total. The minimum Gasteiger partial charge on any atom is -0.376 e. The van der Waals surface area contributed by atoms with Crippen LogP contribution in [0.25, 0.3) is 0 Å². The lowest BCUT2D eigenvalue weighted by Gasteiger charge is -2.16. The summed E-state index contributed by atoms with van der Waals surface area (Å²) < 4.78 is 18.4. The molecule has 2 atom stereocenters. The first kappa shape index (κ1) is 15.0. The SMILES string of the molecule is CCC(CC(=O)NCC1CCCO1)c1ccc(F)cc1. The number of carbonyl (C=O) groups excluding carboxylic acids is 1. The van der Waals surface area contributed by atoms with Crippen LogP contribution in [-0.2, 0) is 9.53 Å². The minimum absolute atomic E-state index is 0.0386. The second-order valence-electron chi connectivity index (χ2n) is 5.30. The van der Waals surface area contributed by atoms with E-state index in [9.17, 15) is 9.18 Å². The van der Waals surface area contributed by atoms with E-state index in [0.29, 0.717) is 13.0 Å². The van der Waals surface area contributed by atoms with Crippen molar-refractivity contribution in [2.24, 2.45) is 0 Å². The number of hydrogen-bond acceptors (Lipinski definition) is 2. The van der Waals surface area contributed by atoms with Crippen molar-refractivity contribution in [1.82, 2.24) is 5.32 Å². The van der Waals surface area contributed by atoms with Gasteiger partial charge in [-0.05, 0) is 42.9 Å². The van der Waals surface area contributed by atoms with Crippen molar-refractivity contribution < 1.29 is 13.9 Å². The van der Waals surface area contributed by atoms with Crippen LogP contribution in [0.1, 0.15) is 44.1 Å². The van der Waals surface area contributed by atoms with Crippen LogP contribution in [0.2, 0.25) is 0 Å². The summed E-state index contributed by atoms with van der Waals surface area (Å²) in [5.74, 6) is -0.0665. The Bertz CT molecular complexity index is 427. The van der Waals surface area contributed by atoms with E-state index in [1.807, 2.05) is 6.92 Å². The second kappa shape index (κ2) is 7.39. The van der Waals surface area contributed by atoms with Crippen molar-refractivity contribution in [3.8, 4) is 0 Å². The predicted molar refractivity (Wildman–Crippen MR) is 76.0 cm³/mol. The molecule has 1 aliphatic rings. The summed E-state index contributed by atoms with van der Waals surface area (Å²) in [5.41, 5.74) is 1.01. The molecule has 0 aromatic heterocycles. The van der Waals surface area contributed by atoms with Crippen molar-refractivity contribution in [1.29, 1.82) is 0 Å². The fourth-order valence-electron chi connectivity index (χ4n) is 2.56. The molecule has 1 heterocycles. The van der Waals surface area contributed by atoms with Crippen LogP contribution in [0.3, 0.4) is 0 Å². The summed E-state index contributed by atoms with van der Waals surface area (Å²) in [4.78, 5) is 12.0. The number of amides is 1. The summed E-state index contributed by atoms with van der Waals surface area (Å²) in [6.07, 6.45) is 3.57. The molecule has 1 amide bonds. The van der Waals surface area contributed by atoms with Crippen LogP contribution < -0.4 is 5.32 Å². The van der Waals surface area contributed by atoms with Gasteiger partial charge in [-0.1, -0.05) is 19.1 Å². The van der Waals surface area contributed by atoms with E-state index in [1.54, 1.807) is 12.1 Å². The Morgan fingerprint density at radius 3 is 2.80 bits per heavy atom. The number of halogens is 1. The first-order valence-electron chi connectivity index (χ1n) is 7.32. The van der Waals surface area contributed by atoms with E-state index in [2.05, 4.69) is 5.32 Å². The molecule has 2 unspecified atom stereocenters. The van der Waals surface area contributed by atoms with Crippen LogP contribution in [-0.4, -0.2) is 25.2 Å². The maximum Gasteiger partial charge on any atom is 0.220 e. The highest BCUT2D eigenvalue weighted by Crippen LogP contribution is 2.23. The van der Waals surface area contributed by atoms with Crippen LogP contribution in [0.4, 0.5) is 4.39 Å². The van der Waals surface area contributed by atoms with Crippen molar-refractivity contribution in [3.05, 3.63) is 35.6 Å². The Hall–Kier alpha value is -1.42. The highest BCUT2D eigenvalue weighted by atomic mass is 19.1. The van der Waals surface area contributed by atoms with Gasteiger partial charge in [0.2, 0.25) is 5.91 Å². The summed E-state index contributed by atoms with van der Waals surface area (Å²) in [6.45, 7) is 3.44. The van der Waals surface area contributed by atoms with Gasteiger partial charge in [0.1, 0.15) is 5.82 Å². The number of ether oxygens (including phenoxy) is 1. The first-order chi connectivity index (χ1) is 9.69. The molecular formula is C16H22FNO2. The van der Waals surface area contributed by atoms with E-state index in [1.165, 1.54) is 12.1 Å². The van der Waals surface area contributed by atoms with Crippen LogP contribution in [0.15, 0.2) is 24.3 Å². The summed E-state index contributed by atoms with van der Waals surface area (Å²) in [6, 6.07) is 6.41. The van der Waals surface area contributed by atoms with Crippen LogP contribution >= 0.6 is 0 Å². The molecule has 2 rings (SSSR count). The lowest BCUT2D eigenvalue weighted by molar-refractivity contribution is -0.122. The zero-order chi connectivity index (χ0) is 14.4. The molecule has 1 fully saturated rings. The van der Waals surface area contributed by atoms with E-state index >= 15 is 0 Å². The number of nitrogens with one attached hydrogen (secondary N) is 1. The normalized spacial score (nSPS) is 19.8. The minimum atomic E-state index is -0.244. The summed E-state index contributed by atoms with van der Waals surface area (Å²) in [5, 5.41) is 2.93. The molecule has 1 aliphatic heterocycles. The molecule has 1 saturated heterocycles. The molecule has 0 radical (unpaired) electrons. The van der Waals surface area contributed by atoms with Gasteiger partial charge >= 0.3 is 0 Å². The summed E-state index contributed by atoms with van der Waals surface area (Å²) >= 11 is 0. The molecule has 1 aromatic rings. The molecule has 1 N–H and O–H groups in total. The van der Waals surface area contributed by atoms with Crippen molar-refractivity contribution in [2.75, 3.05) is 13.2 Å². The van der Waals surface area contributed by atoms with E-state index < -0.39 is 0 Å². The highest BCUT2D eigenvalue weighted by Gasteiger charge is 2.18. The smallest absolute Gasteiger partial charge is 0.220 e.